The van der Waals surface area contributed by atoms with Gasteiger partial charge in [-0.15, -0.1) is 0 Å². The molecule has 2 aliphatic rings. The third-order valence-corrected chi connectivity index (χ3v) is 7.01. The van der Waals surface area contributed by atoms with Crippen LogP contribution in [0.5, 0.6) is 0 Å². The van der Waals surface area contributed by atoms with E-state index in [0.29, 0.717) is 24.1 Å². The fraction of sp³-hybridized carbons (Fsp3) is 0.480. The number of nitrogens with zero attached hydrogens (tertiary/aromatic N) is 3. The monoisotopic (exact) mass is 459 g/mol. The van der Waals surface area contributed by atoms with Crippen LogP contribution in [0.3, 0.4) is 0 Å². The molecule has 2 saturated heterocycles. The molecule has 0 unspecified atom stereocenters. The third kappa shape index (κ3) is 5.80. The number of benzene rings is 2. The molecule has 0 saturated carbocycles. The van der Waals surface area contributed by atoms with E-state index in [0.717, 1.165) is 57.3 Å². The number of aliphatic carboxylic acids is 1. The van der Waals surface area contributed by atoms with Crippen LogP contribution in [-0.2, 0) is 11.3 Å². The molecule has 2 fully saturated rings. The molecule has 32 heavy (non-hydrogen) atoms. The van der Waals surface area contributed by atoms with Gasteiger partial charge in [0.2, 0.25) is 0 Å². The van der Waals surface area contributed by atoms with Gasteiger partial charge in [0.1, 0.15) is 5.82 Å². The lowest BCUT2D eigenvalue weighted by molar-refractivity contribution is -0.137. The van der Waals surface area contributed by atoms with Crippen LogP contribution in [0.25, 0.3) is 0 Å². The minimum absolute atomic E-state index is 0.172. The summed E-state index contributed by atoms with van der Waals surface area (Å²) in [5, 5.41) is 10.0. The lowest BCUT2D eigenvalue weighted by Gasteiger charge is -2.47. The summed E-state index contributed by atoms with van der Waals surface area (Å²) in [5.41, 5.74) is 1.86. The Balaban J connectivity index is 1.39. The van der Waals surface area contributed by atoms with E-state index in [-0.39, 0.29) is 12.2 Å². The number of hydrogen-bond donors (Lipinski definition) is 1. The minimum atomic E-state index is -0.736. The van der Waals surface area contributed by atoms with Gasteiger partial charge in [-0.1, -0.05) is 35.9 Å². The van der Waals surface area contributed by atoms with Gasteiger partial charge in [-0.05, 0) is 55.1 Å². The number of anilines is 1. The molecule has 0 spiro atoms. The Morgan fingerprint density at radius 2 is 1.84 bits per heavy atom. The topological polar surface area (TPSA) is 47.0 Å². The fourth-order valence-electron chi connectivity index (χ4n) is 5.21. The number of hydrogen-bond acceptors (Lipinski definition) is 4. The first-order valence-electron chi connectivity index (χ1n) is 11.4. The molecule has 2 aromatic carbocycles. The van der Waals surface area contributed by atoms with Crippen molar-refractivity contribution in [2.75, 3.05) is 44.2 Å². The third-order valence-electron chi connectivity index (χ3n) is 6.78. The number of carboxylic acids is 1. The number of para-hydroxylation sites is 1. The van der Waals surface area contributed by atoms with Crippen molar-refractivity contribution in [2.24, 2.45) is 5.92 Å². The van der Waals surface area contributed by atoms with Gasteiger partial charge in [0.05, 0.1) is 5.69 Å². The van der Waals surface area contributed by atoms with Crippen LogP contribution in [0.1, 0.15) is 24.8 Å². The maximum absolute atomic E-state index is 14.2. The Morgan fingerprint density at radius 1 is 1.06 bits per heavy atom. The average molecular weight is 460 g/mol. The number of likely N-dealkylation sites (tertiary alicyclic amines) is 1. The molecular weight excluding hydrogens is 429 g/mol. The van der Waals surface area contributed by atoms with Crippen LogP contribution in [0.15, 0.2) is 48.5 Å². The van der Waals surface area contributed by atoms with E-state index >= 15 is 0 Å². The summed E-state index contributed by atoms with van der Waals surface area (Å²) in [5.74, 6) is -0.603. The summed E-state index contributed by atoms with van der Waals surface area (Å²) in [7, 11) is 0. The predicted molar refractivity (Wildman–Crippen MR) is 126 cm³/mol. The van der Waals surface area contributed by atoms with Crippen molar-refractivity contribution in [1.29, 1.82) is 0 Å². The molecule has 2 aromatic rings. The van der Waals surface area contributed by atoms with Gasteiger partial charge in [0.25, 0.3) is 0 Å². The highest BCUT2D eigenvalue weighted by Gasteiger charge is 2.35. The van der Waals surface area contributed by atoms with Gasteiger partial charge in [-0.25, -0.2) is 4.39 Å². The quantitative estimate of drug-likeness (QED) is 0.666. The van der Waals surface area contributed by atoms with Crippen LogP contribution in [0.2, 0.25) is 5.02 Å². The molecule has 0 aliphatic carbocycles. The summed E-state index contributed by atoms with van der Waals surface area (Å²) in [6, 6.07) is 15.3. The molecule has 2 heterocycles. The fourth-order valence-corrected chi connectivity index (χ4v) is 5.42. The second kappa shape index (κ2) is 10.6. The molecule has 0 aromatic heterocycles. The zero-order chi connectivity index (χ0) is 22.5. The summed E-state index contributed by atoms with van der Waals surface area (Å²) < 4.78 is 14.2. The molecule has 0 bridgehead atoms. The lowest BCUT2D eigenvalue weighted by atomic mass is 9.86. The predicted octanol–water partition coefficient (Wildman–Crippen LogP) is 4.36. The molecule has 5 nitrogen and oxygen atoms in total. The number of carboxylic acid groups (broad SMARTS) is 1. The van der Waals surface area contributed by atoms with E-state index in [9.17, 15) is 14.3 Å². The molecule has 0 amide bonds. The number of carbonyl (C=O) groups is 1. The molecule has 172 valence electrons. The van der Waals surface area contributed by atoms with Crippen molar-refractivity contribution in [3.63, 3.8) is 0 Å². The average Bonchev–Trinajstić information content (AvgIpc) is 2.78. The van der Waals surface area contributed by atoms with E-state index in [4.69, 9.17) is 11.6 Å². The Labute approximate surface area is 194 Å². The molecular formula is C25H31ClFN3O2. The van der Waals surface area contributed by atoms with Crippen molar-refractivity contribution in [1.82, 2.24) is 9.80 Å². The van der Waals surface area contributed by atoms with E-state index in [2.05, 4.69) is 20.8 Å². The number of piperidine rings is 1. The standard InChI is InChI=1S/C25H31ClFN3O2/c26-21-5-3-4-19(16-21)17-28-11-10-23(20(18-28)8-9-25(31)32)29-12-14-30(15-13-29)24-7-2-1-6-22(24)27/h1-7,16,20,23H,8-15,17-18H2,(H,31,32)/t20-,23+/m0/s1. The largest absolute Gasteiger partial charge is 0.481 e. The zero-order valence-corrected chi connectivity index (χ0v) is 19.1. The SMILES string of the molecule is O=C(O)CC[C@H]1CN(Cc2cccc(Cl)c2)CC[C@H]1N1CCN(c2ccccc2F)CC1. The first-order chi connectivity index (χ1) is 15.5. The van der Waals surface area contributed by atoms with Gasteiger partial charge in [-0.3, -0.25) is 14.6 Å². The number of halogens is 2. The summed E-state index contributed by atoms with van der Waals surface area (Å²) in [6.45, 7) is 6.02. The minimum Gasteiger partial charge on any atom is -0.481 e. The summed E-state index contributed by atoms with van der Waals surface area (Å²) >= 11 is 6.15. The summed E-state index contributed by atoms with van der Waals surface area (Å²) in [4.78, 5) is 18.3. The molecule has 1 N–H and O–H groups in total. The van der Waals surface area contributed by atoms with Gasteiger partial charge in [-0.2, -0.15) is 0 Å². The zero-order valence-electron chi connectivity index (χ0n) is 18.3. The maximum atomic E-state index is 14.2. The van der Waals surface area contributed by atoms with Crippen molar-refractivity contribution in [3.8, 4) is 0 Å². The first kappa shape index (κ1) is 23.0. The maximum Gasteiger partial charge on any atom is 0.303 e. The highest BCUT2D eigenvalue weighted by Crippen LogP contribution is 2.29. The number of piperazine rings is 1. The summed E-state index contributed by atoms with van der Waals surface area (Å²) in [6.07, 6.45) is 1.89. The van der Waals surface area contributed by atoms with Crippen LogP contribution >= 0.6 is 11.6 Å². The van der Waals surface area contributed by atoms with Crippen LogP contribution in [-0.4, -0.2) is 66.2 Å². The van der Waals surface area contributed by atoms with Crippen molar-refractivity contribution >= 4 is 23.3 Å². The molecule has 0 radical (unpaired) electrons. The number of rotatable bonds is 7. The van der Waals surface area contributed by atoms with E-state index in [1.54, 1.807) is 6.07 Å². The highest BCUT2D eigenvalue weighted by molar-refractivity contribution is 6.30. The Bertz CT molecular complexity index is 920. The van der Waals surface area contributed by atoms with Crippen LogP contribution in [0, 0.1) is 11.7 Å². The Hall–Kier alpha value is -2.15. The smallest absolute Gasteiger partial charge is 0.303 e. The second-order valence-corrected chi connectivity index (χ2v) is 9.32. The molecule has 2 aliphatic heterocycles. The van der Waals surface area contributed by atoms with Gasteiger partial charge < -0.3 is 10.0 Å². The Morgan fingerprint density at radius 3 is 2.56 bits per heavy atom. The molecule has 4 rings (SSSR count). The first-order valence-corrected chi connectivity index (χ1v) is 11.8. The van der Waals surface area contributed by atoms with Gasteiger partial charge in [0.15, 0.2) is 0 Å². The van der Waals surface area contributed by atoms with Gasteiger partial charge >= 0.3 is 5.97 Å². The molecule has 2 atom stereocenters. The van der Waals surface area contributed by atoms with Crippen molar-refractivity contribution < 1.29 is 14.3 Å². The lowest BCUT2D eigenvalue weighted by Crippen LogP contribution is -2.56. The van der Waals surface area contributed by atoms with E-state index in [1.165, 1.54) is 11.6 Å². The van der Waals surface area contributed by atoms with E-state index < -0.39 is 5.97 Å². The van der Waals surface area contributed by atoms with Crippen molar-refractivity contribution in [2.45, 2.75) is 31.8 Å². The second-order valence-electron chi connectivity index (χ2n) is 8.89. The van der Waals surface area contributed by atoms with Gasteiger partial charge in [0, 0.05) is 56.8 Å². The van der Waals surface area contributed by atoms with Crippen LogP contribution < -0.4 is 4.90 Å². The van der Waals surface area contributed by atoms with E-state index in [1.807, 2.05) is 30.3 Å². The van der Waals surface area contributed by atoms with Crippen molar-refractivity contribution in [3.05, 3.63) is 64.9 Å². The highest BCUT2D eigenvalue weighted by atomic mass is 35.5. The van der Waals surface area contributed by atoms with Crippen LogP contribution in [0.4, 0.5) is 10.1 Å². The molecule has 7 heteroatoms. The Kier molecular flexibility index (Phi) is 7.66. The normalized spacial score (nSPS) is 22.8.